The van der Waals surface area contributed by atoms with Gasteiger partial charge in [-0.25, -0.2) is 17.5 Å². The van der Waals surface area contributed by atoms with Gasteiger partial charge < -0.3 is 5.73 Å². The van der Waals surface area contributed by atoms with Crippen LogP contribution >= 0.6 is 24.0 Å². The Morgan fingerprint density at radius 1 is 1.44 bits per heavy atom. The van der Waals surface area contributed by atoms with E-state index >= 15 is 0 Å². The average Bonchev–Trinajstić information content (AvgIpc) is 2.15. The molecule has 0 saturated carbocycles. The third kappa shape index (κ3) is 4.37. The van der Waals surface area contributed by atoms with Crippen LogP contribution in [-0.4, -0.2) is 20.5 Å². The molecule has 0 aliphatic rings. The SMILES string of the molecule is CC(C)(CN)NS(=O)(=O)c1ccc(Cl)cc1F.Cl. The lowest BCUT2D eigenvalue weighted by molar-refractivity contribution is 0.459. The Morgan fingerprint density at radius 2 is 2.00 bits per heavy atom. The normalized spacial score (nSPS) is 12.1. The topological polar surface area (TPSA) is 72.2 Å². The summed E-state index contributed by atoms with van der Waals surface area (Å²) in [7, 11) is -3.94. The summed E-state index contributed by atoms with van der Waals surface area (Å²) in [4.78, 5) is -0.441. The van der Waals surface area contributed by atoms with E-state index in [-0.39, 0.29) is 24.0 Å². The van der Waals surface area contributed by atoms with Gasteiger partial charge in [-0.05, 0) is 32.0 Å². The van der Waals surface area contributed by atoms with Crippen LogP contribution in [0.15, 0.2) is 23.1 Å². The van der Waals surface area contributed by atoms with Gasteiger partial charge in [0.2, 0.25) is 10.0 Å². The second-order valence-corrected chi connectivity index (χ2v) is 6.36. The first-order chi connectivity index (χ1) is 7.68. The fourth-order valence-electron chi connectivity index (χ4n) is 1.15. The van der Waals surface area contributed by atoms with Crippen molar-refractivity contribution in [3.05, 3.63) is 29.0 Å². The fraction of sp³-hybridized carbons (Fsp3) is 0.400. The average molecular weight is 317 g/mol. The van der Waals surface area contributed by atoms with E-state index in [4.69, 9.17) is 17.3 Å². The summed E-state index contributed by atoms with van der Waals surface area (Å²) >= 11 is 5.55. The predicted octanol–water partition coefficient (Wildman–Crippen LogP) is 1.92. The van der Waals surface area contributed by atoms with E-state index in [1.165, 1.54) is 6.07 Å². The van der Waals surface area contributed by atoms with Crippen molar-refractivity contribution in [1.29, 1.82) is 0 Å². The number of hydrogen-bond acceptors (Lipinski definition) is 3. The molecule has 0 spiro atoms. The highest BCUT2D eigenvalue weighted by Gasteiger charge is 2.27. The summed E-state index contributed by atoms with van der Waals surface area (Å²) in [5.41, 5.74) is 4.57. The maximum atomic E-state index is 13.5. The zero-order valence-corrected chi connectivity index (χ0v) is 12.3. The Balaban J connectivity index is 0.00000289. The van der Waals surface area contributed by atoms with Crippen LogP contribution in [0, 0.1) is 5.82 Å². The fourth-order valence-corrected chi connectivity index (χ4v) is 2.80. The number of benzene rings is 1. The molecule has 0 radical (unpaired) electrons. The van der Waals surface area contributed by atoms with E-state index < -0.39 is 26.3 Å². The highest BCUT2D eigenvalue weighted by atomic mass is 35.5. The number of nitrogens with one attached hydrogen (secondary N) is 1. The minimum absolute atomic E-state index is 0. The summed E-state index contributed by atoms with van der Waals surface area (Å²) in [6, 6.07) is 3.38. The molecular formula is C10H15Cl2FN2O2S. The molecular weight excluding hydrogens is 302 g/mol. The summed E-state index contributed by atoms with van der Waals surface area (Å²) in [5.74, 6) is -0.891. The molecule has 18 heavy (non-hydrogen) atoms. The minimum Gasteiger partial charge on any atom is -0.329 e. The Hall–Kier alpha value is -0.400. The molecule has 0 aliphatic carbocycles. The molecule has 1 aromatic carbocycles. The Morgan fingerprint density at radius 3 is 2.44 bits per heavy atom. The highest BCUT2D eigenvalue weighted by Crippen LogP contribution is 2.20. The van der Waals surface area contributed by atoms with Crippen molar-refractivity contribution in [3.8, 4) is 0 Å². The number of rotatable bonds is 4. The van der Waals surface area contributed by atoms with E-state index in [1.54, 1.807) is 13.8 Å². The Kier molecular flexibility index (Phi) is 6.03. The van der Waals surface area contributed by atoms with Gasteiger partial charge in [-0.1, -0.05) is 11.6 Å². The molecule has 0 atom stereocenters. The molecule has 0 aliphatic heterocycles. The van der Waals surface area contributed by atoms with Gasteiger partial charge in [0.25, 0.3) is 0 Å². The summed E-state index contributed by atoms with van der Waals surface area (Å²) in [6.07, 6.45) is 0. The predicted molar refractivity (Wildman–Crippen MR) is 72.1 cm³/mol. The first kappa shape index (κ1) is 17.6. The van der Waals surface area contributed by atoms with Crippen LogP contribution in [0.5, 0.6) is 0 Å². The molecule has 104 valence electrons. The Labute approximate surface area is 117 Å². The van der Waals surface area contributed by atoms with Crippen molar-refractivity contribution in [1.82, 2.24) is 4.72 Å². The van der Waals surface area contributed by atoms with Crippen molar-refractivity contribution in [2.75, 3.05) is 6.54 Å². The summed E-state index contributed by atoms with van der Waals surface area (Å²) < 4.78 is 39.6. The molecule has 0 heterocycles. The van der Waals surface area contributed by atoms with Gasteiger partial charge in [0, 0.05) is 17.1 Å². The van der Waals surface area contributed by atoms with Crippen LogP contribution in [0.1, 0.15) is 13.8 Å². The van der Waals surface area contributed by atoms with Gasteiger partial charge in [-0.2, -0.15) is 0 Å². The van der Waals surface area contributed by atoms with Crippen LogP contribution in [0.4, 0.5) is 4.39 Å². The molecule has 8 heteroatoms. The van der Waals surface area contributed by atoms with E-state index in [0.29, 0.717) is 0 Å². The zero-order chi connectivity index (χ0) is 13.3. The molecule has 3 N–H and O–H groups in total. The van der Waals surface area contributed by atoms with Crippen molar-refractivity contribution < 1.29 is 12.8 Å². The first-order valence-electron chi connectivity index (χ1n) is 4.87. The summed E-state index contributed by atoms with van der Waals surface area (Å²) in [6.45, 7) is 3.32. The third-order valence-corrected chi connectivity index (χ3v) is 4.07. The van der Waals surface area contributed by atoms with E-state index in [0.717, 1.165) is 12.1 Å². The Bertz CT molecular complexity index is 521. The smallest absolute Gasteiger partial charge is 0.244 e. The van der Waals surface area contributed by atoms with Crippen molar-refractivity contribution in [2.45, 2.75) is 24.3 Å². The number of halogens is 3. The largest absolute Gasteiger partial charge is 0.329 e. The minimum atomic E-state index is -3.94. The van der Waals surface area contributed by atoms with Gasteiger partial charge >= 0.3 is 0 Å². The second-order valence-electron chi connectivity index (χ2n) is 4.27. The molecule has 4 nitrogen and oxygen atoms in total. The van der Waals surface area contributed by atoms with Gasteiger partial charge in [0.1, 0.15) is 10.7 Å². The number of hydrogen-bond donors (Lipinski definition) is 2. The quantitative estimate of drug-likeness (QED) is 0.891. The molecule has 1 aromatic rings. The number of nitrogens with two attached hydrogens (primary N) is 1. The lowest BCUT2D eigenvalue weighted by atomic mass is 10.1. The molecule has 0 bridgehead atoms. The zero-order valence-electron chi connectivity index (χ0n) is 9.91. The van der Waals surface area contributed by atoms with Gasteiger partial charge in [0.05, 0.1) is 0 Å². The van der Waals surface area contributed by atoms with Gasteiger partial charge in [-0.15, -0.1) is 12.4 Å². The lowest BCUT2D eigenvalue weighted by Gasteiger charge is -2.23. The molecule has 0 fully saturated rings. The van der Waals surface area contributed by atoms with Crippen molar-refractivity contribution in [2.24, 2.45) is 5.73 Å². The van der Waals surface area contributed by atoms with Crippen LogP contribution in [0.25, 0.3) is 0 Å². The van der Waals surface area contributed by atoms with Crippen LogP contribution in [0.3, 0.4) is 0 Å². The summed E-state index contributed by atoms with van der Waals surface area (Å²) in [5, 5.41) is 0.138. The first-order valence-corrected chi connectivity index (χ1v) is 6.73. The number of sulfonamides is 1. The van der Waals surface area contributed by atoms with Gasteiger partial charge in [-0.3, -0.25) is 0 Å². The molecule has 0 amide bonds. The molecule has 0 saturated heterocycles. The lowest BCUT2D eigenvalue weighted by Crippen LogP contribution is -2.48. The van der Waals surface area contributed by atoms with Crippen LogP contribution < -0.4 is 10.5 Å². The van der Waals surface area contributed by atoms with E-state index in [2.05, 4.69) is 4.72 Å². The van der Waals surface area contributed by atoms with Gasteiger partial charge in [0.15, 0.2) is 0 Å². The second kappa shape index (κ2) is 6.16. The maximum Gasteiger partial charge on any atom is 0.244 e. The monoisotopic (exact) mass is 316 g/mol. The van der Waals surface area contributed by atoms with Crippen molar-refractivity contribution >= 4 is 34.0 Å². The van der Waals surface area contributed by atoms with Crippen LogP contribution in [-0.2, 0) is 10.0 Å². The molecule has 0 aromatic heterocycles. The maximum absolute atomic E-state index is 13.5. The van der Waals surface area contributed by atoms with E-state index in [9.17, 15) is 12.8 Å². The molecule has 0 unspecified atom stereocenters. The highest BCUT2D eigenvalue weighted by molar-refractivity contribution is 7.89. The van der Waals surface area contributed by atoms with Crippen LogP contribution in [0.2, 0.25) is 5.02 Å². The van der Waals surface area contributed by atoms with Crippen molar-refractivity contribution in [3.63, 3.8) is 0 Å². The third-order valence-electron chi connectivity index (χ3n) is 2.10. The van der Waals surface area contributed by atoms with E-state index in [1.807, 2.05) is 0 Å². The standard InChI is InChI=1S/C10H14ClFN2O2S.ClH/c1-10(2,6-13)14-17(15,16)9-4-3-7(11)5-8(9)12;/h3-5,14H,6,13H2,1-2H3;1H. The molecule has 1 rings (SSSR count).